The number of carbonyl (C=O) groups is 1. The minimum atomic E-state index is 0.120. The molecule has 0 spiro atoms. The molecular weight excluding hydrogens is 196 g/mol. The molecule has 0 saturated heterocycles. The Hall–Kier alpha value is -0.900. The molecule has 0 bridgehead atoms. The molecule has 2 heterocycles. The van der Waals surface area contributed by atoms with Gasteiger partial charge in [0.25, 0.3) is 5.91 Å². The summed E-state index contributed by atoms with van der Waals surface area (Å²) in [6.07, 6.45) is 2.05. The fourth-order valence-electron chi connectivity index (χ4n) is 1.94. The lowest BCUT2D eigenvalue weighted by atomic mass is 10.1. The lowest BCUT2D eigenvalue weighted by Gasteiger charge is -2.25. The number of hydrogen-bond acceptors (Lipinski definition) is 3. The molecule has 2 rings (SSSR count). The van der Waals surface area contributed by atoms with Crippen molar-refractivity contribution in [3.8, 4) is 0 Å². The quantitative estimate of drug-likeness (QED) is 0.767. The average molecular weight is 210 g/mol. The maximum absolute atomic E-state index is 11.9. The first-order valence-electron chi connectivity index (χ1n) is 5.01. The number of thiazole rings is 1. The number of amides is 1. The topological polar surface area (TPSA) is 33.2 Å². The van der Waals surface area contributed by atoms with E-state index in [4.69, 9.17) is 0 Å². The molecule has 14 heavy (non-hydrogen) atoms. The second-order valence-corrected chi connectivity index (χ2v) is 4.47. The van der Waals surface area contributed by atoms with E-state index in [1.54, 1.807) is 16.8 Å². The van der Waals surface area contributed by atoms with Crippen LogP contribution in [0.5, 0.6) is 0 Å². The van der Waals surface area contributed by atoms with Crippen LogP contribution in [0.25, 0.3) is 0 Å². The second-order valence-electron chi connectivity index (χ2n) is 3.53. The summed E-state index contributed by atoms with van der Waals surface area (Å²) in [5.41, 5.74) is 2.44. The predicted octanol–water partition coefficient (Wildman–Crippen LogP) is 2.29. The van der Waals surface area contributed by atoms with E-state index in [-0.39, 0.29) is 5.91 Å². The second kappa shape index (κ2) is 3.69. The molecule has 0 fully saturated rings. The Morgan fingerprint density at radius 1 is 1.57 bits per heavy atom. The molecule has 0 N–H and O–H groups in total. The largest absolute Gasteiger partial charge is 0.329 e. The van der Waals surface area contributed by atoms with Crippen molar-refractivity contribution in [2.24, 2.45) is 0 Å². The lowest BCUT2D eigenvalue weighted by molar-refractivity contribution is 0.0689. The summed E-state index contributed by atoms with van der Waals surface area (Å²) in [5, 5.41) is 0. The smallest absolute Gasteiger partial charge is 0.274 e. The molecular formula is C10H14N2OS. The minimum absolute atomic E-state index is 0.120. The molecule has 0 aliphatic carbocycles. The van der Waals surface area contributed by atoms with E-state index in [9.17, 15) is 4.79 Å². The molecule has 1 amide bonds. The highest BCUT2D eigenvalue weighted by Crippen LogP contribution is 2.28. The van der Waals surface area contributed by atoms with E-state index < -0.39 is 0 Å². The van der Waals surface area contributed by atoms with Gasteiger partial charge in [-0.1, -0.05) is 13.8 Å². The van der Waals surface area contributed by atoms with Crippen molar-refractivity contribution in [3.63, 3.8) is 0 Å². The molecule has 1 aliphatic heterocycles. The first kappa shape index (κ1) is 9.65. The van der Waals surface area contributed by atoms with Crippen molar-refractivity contribution < 1.29 is 4.79 Å². The monoisotopic (exact) mass is 210 g/mol. The highest BCUT2D eigenvalue weighted by molar-refractivity contribution is 7.10. The van der Waals surface area contributed by atoms with Crippen LogP contribution in [0.1, 0.15) is 42.1 Å². The molecule has 4 heteroatoms. The predicted molar refractivity (Wildman–Crippen MR) is 56.4 cm³/mol. The van der Waals surface area contributed by atoms with E-state index in [1.165, 1.54) is 0 Å². The Bertz CT molecular complexity index is 344. The average Bonchev–Trinajstić information content (AvgIpc) is 2.74. The summed E-state index contributed by atoms with van der Waals surface area (Å²) in [5.74, 6) is 0.120. The Morgan fingerprint density at radius 3 is 2.86 bits per heavy atom. The van der Waals surface area contributed by atoms with Gasteiger partial charge < -0.3 is 4.90 Å². The standard InChI is InChI=1S/C10H14N2OS/c1-3-7(4-2)12-5-8-9(10(12)13)11-6-14-8/h6-7H,3-5H2,1-2H3. The molecule has 0 unspecified atom stereocenters. The Kier molecular flexibility index (Phi) is 2.54. The summed E-state index contributed by atoms with van der Waals surface area (Å²) in [6.45, 7) is 5.02. The number of nitrogens with zero attached hydrogens (tertiary/aromatic N) is 2. The van der Waals surface area contributed by atoms with Gasteiger partial charge in [-0.15, -0.1) is 11.3 Å². The fourth-order valence-corrected chi connectivity index (χ4v) is 2.69. The molecule has 3 nitrogen and oxygen atoms in total. The van der Waals surface area contributed by atoms with E-state index >= 15 is 0 Å². The van der Waals surface area contributed by atoms with Crippen LogP contribution < -0.4 is 0 Å². The van der Waals surface area contributed by atoms with Gasteiger partial charge >= 0.3 is 0 Å². The van der Waals surface area contributed by atoms with Crippen molar-refractivity contribution in [1.29, 1.82) is 0 Å². The SMILES string of the molecule is CCC(CC)N1Cc2scnc2C1=O. The normalized spacial score (nSPS) is 15.4. The third kappa shape index (κ3) is 1.34. The van der Waals surface area contributed by atoms with Crippen LogP contribution in [-0.2, 0) is 6.54 Å². The number of rotatable bonds is 3. The van der Waals surface area contributed by atoms with Crippen LogP contribution in [-0.4, -0.2) is 21.8 Å². The maximum atomic E-state index is 11.9. The van der Waals surface area contributed by atoms with Gasteiger partial charge in [-0.05, 0) is 12.8 Å². The molecule has 0 radical (unpaired) electrons. The highest BCUT2D eigenvalue weighted by atomic mass is 32.1. The van der Waals surface area contributed by atoms with Gasteiger partial charge in [0.2, 0.25) is 0 Å². The van der Waals surface area contributed by atoms with Gasteiger partial charge in [0.15, 0.2) is 0 Å². The van der Waals surface area contributed by atoms with Crippen LogP contribution >= 0.6 is 11.3 Å². The molecule has 76 valence electrons. The van der Waals surface area contributed by atoms with Gasteiger partial charge in [-0.3, -0.25) is 4.79 Å². The van der Waals surface area contributed by atoms with E-state index in [2.05, 4.69) is 18.8 Å². The van der Waals surface area contributed by atoms with E-state index in [0.717, 1.165) is 24.3 Å². The fraction of sp³-hybridized carbons (Fsp3) is 0.600. The van der Waals surface area contributed by atoms with Crippen LogP contribution in [0.4, 0.5) is 0 Å². The van der Waals surface area contributed by atoms with Gasteiger partial charge in [0.1, 0.15) is 5.69 Å². The van der Waals surface area contributed by atoms with Crippen LogP contribution in [0.2, 0.25) is 0 Å². The van der Waals surface area contributed by atoms with Crippen molar-refractivity contribution >= 4 is 17.2 Å². The minimum Gasteiger partial charge on any atom is -0.329 e. The molecule has 0 atom stereocenters. The molecule has 0 aromatic carbocycles. The number of carbonyl (C=O) groups excluding carboxylic acids is 1. The Morgan fingerprint density at radius 2 is 2.29 bits per heavy atom. The number of fused-ring (bicyclic) bond motifs is 1. The molecule has 1 aliphatic rings. The third-order valence-corrected chi connectivity index (χ3v) is 3.62. The maximum Gasteiger partial charge on any atom is 0.274 e. The van der Waals surface area contributed by atoms with Crippen molar-refractivity contribution in [3.05, 3.63) is 16.1 Å². The summed E-state index contributed by atoms with van der Waals surface area (Å²) in [6, 6.07) is 0.379. The first-order valence-corrected chi connectivity index (χ1v) is 5.89. The zero-order valence-corrected chi connectivity index (χ0v) is 9.30. The lowest BCUT2D eigenvalue weighted by Crippen LogP contribution is -2.34. The summed E-state index contributed by atoms with van der Waals surface area (Å²) in [4.78, 5) is 19.1. The zero-order chi connectivity index (χ0) is 10.1. The van der Waals surface area contributed by atoms with E-state index in [1.807, 2.05) is 4.90 Å². The van der Waals surface area contributed by atoms with Gasteiger partial charge in [-0.2, -0.15) is 0 Å². The first-order chi connectivity index (χ1) is 6.77. The third-order valence-electron chi connectivity index (χ3n) is 2.80. The van der Waals surface area contributed by atoms with Crippen LogP contribution in [0.3, 0.4) is 0 Å². The number of hydrogen-bond donors (Lipinski definition) is 0. The summed E-state index contributed by atoms with van der Waals surface area (Å²) < 4.78 is 0. The summed E-state index contributed by atoms with van der Waals surface area (Å²) in [7, 11) is 0. The molecule has 1 aromatic heterocycles. The van der Waals surface area contributed by atoms with Crippen molar-refractivity contribution in [1.82, 2.24) is 9.88 Å². The van der Waals surface area contributed by atoms with E-state index in [0.29, 0.717) is 11.7 Å². The van der Waals surface area contributed by atoms with Crippen molar-refractivity contribution in [2.45, 2.75) is 39.3 Å². The van der Waals surface area contributed by atoms with Gasteiger partial charge in [-0.25, -0.2) is 4.98 Å². The summed E-state index contributed by atoms with van der Waals surface area (Å²) >= 11 is 1.58. The van der Waals surface area contributed by atoms with Gasteiger partial charge in [0.05, 0.1) is 16.9 Å². The van der Waals surface area contributed by atoms with Gasteiger partial charge in [0, 0.05) is 6.04 Å². The molecule has 1 aromatic rings. The van der Waals surface area contributed by atoms with Crippen LogP contribution in [0.15, 0.2) is 5.51 Å². The Labute approximate surface area is 87.8 Å². The Balaban J connectivity index is 2.21. The zero-order valence-electron chi connectivity index (χ0n) is 8.49. The van der Waals surface area contributed by atoms with Crippen molar-refractivity contribution in [2.75, 3.05) is 0 Å². The molecule has 0 saturated carbocycles. The highest BCUT2D eigenvalue weighted by Gasteiger charge is 2.33. The van der Waals surface area contributed by atoms with Crippen LogP contribution in [0, 0.1) is 0 Å². The number of aromatic nitrogens is 1.